The zero-order valence-corrected chi connectivity index (χ0v) is 15.1. The number of benzene rings is 1. The first kappa shape index (κ1) is 17.4. The van der Waals surface area contributed by atoms with Crippen LogP contribution in [0.3, 0.4) is 0 Å². The van der Waals surface area contributed by atoms with Crippen molar-refractivity contribution in [1.82, 2.24) is 4.90 Å². The van der Waals surface area contributed by atoms with Gasteiger partial charge in [0.1, 0.15) is 0 Å². The number of hydrogen-bond donors (Lipinski definition) is 2. The Labute approximate surface area is 152 Å². The number of nitrogens with zero attached hydrogens (tertiary/aromatic N) is 2. The Morgan fingerprint density at radius 1 is 1.42 bits per heavy atom. The van der Waals surface area contributed by atoms with Gasteiger partial charge in [0.05, 0.1) is 5.56 Å². The van der Waals surface area contributed by atoms with Crippen LogP contribution in [-0.2, 0) is 6.54 Å². The first-order chi connectivity index (χ1) is 11.3. The summed E-state index contributed by atoms with van der Waals surface area (Å²) in [5.41, 5.74) is 7.65. The van der Waals surface area contributed by atoms with Crippen LogP contribution in [0.25, 0.3) is 0 Å². The van der Waals surface area contributed by atoms with Gasteiger partial charge in [0.15, 0.2) is 5.84 Å². The van der Waals surface area contributed by atoms with Crippen LogP contribution in [-0.4, -0.2) is 34.3 Å². The summed E-state index contributed by atoms with van der Waals surface area (Å²) >= 11 is 2.06. The van der Waals surface area contributed by atoms with E-state index in [1.165, 1.54) is 0 Å². The van der Waals surface area contributed by atoms with Crippen molar-refractivity contribution in [3.05, 3.63) is 32.4 Å². The monoisotopic (exact) mass is 449 g/mol. The quantitative estimate of drug-likeness (QED) is 0.245. The normalized spacial score (nSPS) is 21.2. The predicted molar refractivity (Wildman–Crippen MR) is 93.3 cm³/mol. The largest absolute Gasteiger partial charge is 0.409 e. The standard InChI is InChI=1S/C16H18F2IN3O2/c17-16(18)3-1-9(2-4-16)7-22-8-11-5-10(14(20)21-24)6-12(19)13(11)15(22)23/h5-6,9,24H,1-4,7-8H2,(H2,20,21). The molecule has 5 nitrogen and oxygen atoms in total. The van der Waals surface area contributed by atoms with E-state index in [-0.39, 0.29) is 30.5 Å². The summed E-state index contributed by atoms with van der Waals surface area (Å²) in [5.74, 6) is -2.52. The minimum atomic E-state index is -2.56. The van der Waals surface area contributed by atoms with E-state index >= 15 is 0 Å². The van der Waals surface area contributed by atoms with Crippen molar-refractivity contribution in [2.75, 3.05) is 6.54 Å². The molecule has 1 aromatic rings. The van der Waals surface area contributed by atoms with Gasteiger partial charge < -0.3 is 15.8 Å². The lowest BCUT2D eigenvalue weighted by Gasteiger charge is -2.30. The minimum Gasteiger partial charge on any atom is -0.409 e. The Morgan fingerprint density at radius 3 is 2.71 bits per heavy atom. The van der Waals surface area contributed by atoms with Crippen molar-refractivity contribution >= 4 is 34.3 Å². The first-order valence-corrected chi connectivity index (χ1v) is 8.86. The van der Waals surface area contributed by atoms with Crippen LogP contribution in [0.4, 0.5) is 8.78 Å². The third kappa shape index (κ3) is 3.33. The van der Waals surface area contributed by atoms with Gasteiger partial charge in [-0.2, -0.15) is 0 Å². The molecule has 0 radical (unpaired) electrons. The highest BCUT2D eigenvalue weighted by molar-refractivity contribution is 14.1. The Balaban J connectivity index is 1.75. The maximum absolute atomic E-state index is 13.3. The molecule has 24 heavy (non-hydrogen) atoms. The van der Waals surface area contributed by atoms with Gasteiger partial charge in [-0.15, -0.1) is 0 Å². The third-order valence-electron chi connectivity index (χ3n) is 4.75. The number of hydrogen-bond acceptors (Lipinski definition) is 3. The number of alkyl halides is 2. The van der Waals surface area contributed by atoms with Gasteiger partial charge in [-0.05, 0) is 59.0 Å². The number of rotatable bonds is 3. The van der Waals surface area contributed by atoms with E-state index in [0.29, 0.717) is 37.1 Å². The maximum Gasteiger partial charge on any atom is 0.255 e. The van der Waals surface area contributed by atoms with Crippen molar-refractivity contribution < 1.29 is 18.8 Å². The number of carbonyl (C=O) groups excluding carboxylic acids is 1. The van der Waals surface area contributed by atoms with Gasteiger partial charge in [0.2, 0.25) is 5.92 Å². The summed E-state index contributed by atoms with van der Waals surface area (Å²) < 4.78 is 27.3. The molecule has 1 heterocycles. The van der Waals surface area contributed by atoms with Gasteiger partial charge >= 0.3 is 0 Å². The minimum absolute atomic E-state index is 0.00359. The van der Waals surface area contributed by atoms with Gasteiger partial charge in [-0.1, -0.05) is 5.16 Å². The number of amidine groups is 1. The number of amides is 1. The van der Waals surface area contributed by atoms with Crippen LogP contribution >= 0.6 is 22.6 Å². The third-order valence-corrected chi connectivity index (χ3v) is 5.60. The SMILES string of the molecule is N/C(=N\O)c1cc(I)c2c(c1)CN(CC1CCC(F)(F)CC1)C2=O. The maximum atomic E-state index is 13.3. The molecule has 0 spiro atoms. The fraction of sp³-hybridized carbons (Fsp3) is 0.500. The molecule has 1 fully saturated rings. The molecule has 0 unspecified atom stereocenters. The summed E-state index contributed by atoms with van der Waals surface area (Å²) in [5, 5.41) is 11.8. The number of fused-ring (bicyclic) bond motifs is 1. The molecule has 0 atom stereocenters. The van der Waals surface area contributed by atoms with Crippen LogP contribution in [0.2, 0.25) is 0 Å². The summed E-state index contributed by atoms with van der Waals surface area (Å²) in [6.07, 6.45) is 0.689. The summed E-state index contributed by atoms with van der Waals surface area (Å²) in [4.78, 5) is 14.4. The number of carbonyl (C=O) groups is 1. The number of nitrogens with two attached hydrogens (primary N) is 1. The molecule has 8 heteroatoms. The van der Waals surface area contributed by atoms with Crippen LogP contribution in [0, 0.1) is 9.49 Å². The van der Waals surface area contributed by atoms with Crippen LogP contribution in [0.1, 0.15) is 47.2 Å². The van der Waals surface area contributed by atoms with Crippen molar-refractivity contribution in [3.8, 4) is 0 Å². The molecule has 0 aromatic heterocycles. The second-order valence-electron chi connectivity index (χ2n) is 6.46. The molecule has 0 bridgehead atoms. The average Bonchev–Trinajstić information content (AvgIpc) is 2.85. The lowest BCUT2D eigenvalue weighted by Crippen LogP contribution is -2.34. The molecule has 3 rings (SSSR count). The Kier molecular flexibility index (Phi) is 4.67. The molecular weight excluding hydrogens is 431 g/mol. The van der Waals surface area contributed by atoms with Gasteiger partial charge in [-0.3, -0.25) is 4.79 Å². The zero-order chi connectivity index (χ0) is 17.5. The van der Waals surface area contributed by atoms with E-state index in [0.717, 1.165) is 9.13 Å². The van der Waals surface area contributed by atoms with E-state index in [4.69, 9.17) is 10.9 Å². The van der Waals surface area contributed by atoms with Gasteiger partial charge in [0, 0.05) is 35.1 Å². The fourth-order valence-corrected chi connectivity index (χ4v) is 4.32. The zero-order valence-electron chi connectivity index (χ0n) is 12.9. The lowest BCUT2D eigenvalue weighted by atomic mass is 9.86. The molecule has 1 amide bonds. The summed E-state index contributed by atoms with van der Waals surface area (Å²) in [6.45, 7) is 0.933. The van der Waals surface area contributed by atoms with Crippen molar-refractivity contribution in [2.24, 2.45) is 16.8 Å². The van der Waals surface area contributed by atoms with Gasteiger partial charge in [-0.25, -0.2) is 8.78 Å². The van der Waals surface area contributed by atoms with Crippen LogP contribution < -0.4 is 5.73 Å². The van der Waals surface area contributed by atoms with E-state index < -0.39 is 5.92 Å². The van der Waals surface area contributed by atoms with Gasteiger partial charge in [0.25, 0.3) is 5.91 Å². The van der Waals surface area contributed by atoms with Crippen LogP contribution in [0.15, 0.2) is 17.3 Å². The van der Waals surface area contributed by atoms with E-state index in [2.05, 4.69) is 27.7 Å². The Bertz CT molecular complexity index is 699. The summed E-state index contributed by atoms with van der Waals surface area (Å²) in [7, 11) is 0. The highest BCUT2D eigenvalue weighted by Gasteiger charge is 2.37. The average molecular weight is 449 g/mol. The van der Waals surface area contributed by atoms with E-state index in [9.17, 15) is 13.6 Å². The first-order valence-electron chi connectivity index (χ1n) is 7.78. The fourth-order valence-electron chi connectivity index (χ4n) is 3.41. The van der Waals surface area contributed by atoms with E-state index in [1.807, 2.05) is 0 Å². The topological polar surface area (TPSA) is 78.9 Å². The molecule has 1 aromatic carbocycles. The smallest absolute Gasteiger partial charge is 0.255 e. The number of halogens is 3. The second kappa shape index (κ2) is 6.45. The molecular formula is C16H18F2IN3O2. The highest BCUT2D eigenvalue weighted by atomic mass is 127. The highest BCUT2D eigenvalue weighted by Crippen LogP contribution is 2.37. The second-order valence-corrected chi connectivity index (χ2v) is 7.62. The number of oxime groups is 1. The molecule has 1 saturated carbocycles. The van der Waals surface area contributed by atoms with Crippen molar-refractivity contribution in [3.63, 3.8) is 0 Å². The van der Waals surface area contributed by atoms with E-state index in [1.54, 1.807) is 17.0 Å². The molecule has 3 N–H and O–H groups in total. The van der Waals surface area contributed by atoms with Crippen molar-refractivity contribution in [1.29, 1.82) is 0 Å². The van der Waals surface area contributed by atoms with Crippen LogP contribution in [0.5, 0.6) is 0 Å². The summed E-state index contributed by atoms with van der Waals surface area (Å²) in [6, 6.07) is 3.45. The molecule has 0 saturated heterocycles. The lowest BCUT2D eigenvalue weighted by molar-refractivity contribution is -0.0480. The molecule has 1 aliphatic heterocycles. The molecule has 1 aliphatic carbocycles. The predicted octanol–water partition coefficient (Wildman–Crippen LogP) is 3.17. The van der Waals surface area contributed by atoms with Crippen molar-refractivity contribution in [2.45, 2.75) is 38.2 Å². The Morgan fingerprint density at radius 2 is 2.08 bits per heavy atom. The molecule has 130 valence electrons. The molecule has 2 aliphatic rings. The Hall–Kier alpha value is -1.45.